The van der Waals surface area contributed by atoms with Crippen molar-refractivity contribution < 1.29 is 15.0 Å². The van der Waals surface area contributed by atoms with E-state index in [1.807, 2.05) is 26.0 Å². The summed E-state index contributed by atoms with van der Waals surface area (Å²) in [6, 6.07) is 5.47. The molecule has 0 aromatic heterocycles. The van der Waals surface area contributed by atoms with Gasteiger partial charge in [0, 0.05) is 0 Å². The maximum Gasteiger partial charge on any atom is 0.306 e. The van der Waals surface area contributed by atoms with Crippen LogP contribution in [0.4, 0.5) is 0 Å². The molecule has 0 radical (unpaired) electrons. The Labute approximate surface area is 95.7 Å². The number of aromatic hydroxyl groups is 1. The first-order chi connectivity index (χ1) is 7.41. The van der Waals surface area contributed by atoms with Crippen LogP contribution in [0.5, 0.6) is 5.75 Å². The Morgan fingerprint density at radius 2 is 1.94 bits per heavy atom. The molecule has 0 saturated heterocycles. The molecule has 0 saturated carbocycles. The number of carbonyl (C=O) groups is 1. The molecule has 0 bridgehead atoms. The van der Waals surface area contributed by atoms with E-state index in [2.05, 4.69) is 0 Å². The predicted octanol–water partition coefficient (Wildman–Crippen LogP) is 2.78. The maximum absolute atomic E-state index is 10.7. The molecule has 0 spiro atoms. The maximum atomic E-state index is 10.7. The molecule has 0 aliphatic rings. The number of phenols is 1. The Morgan fingerprint density at radius 1 is 1.31 bits per heavy atom. The Kier molecular flexibility index (Phi) is 3.93. The number of hydrogen-bond acceptors (Lipinski definition) is 2. The second-order valence-corrected chi connectivity index (χ2v) is 4.49. The van der Waals surface area contributed by atoms with Gasteiger partial charge in [-0.1, -0.05) is 32.9 Å². The molecule has 3 nitrogen and oxygen atoms in total. The van der Waals surface area contributed by atoms with E-state index in [0.29, 0.717) is 17.9 Å². The van der Waals surface area contributed by atoms with Crippen LogP contribution in [0.1, 0.15) is 37.8 Å². The van der Waals surface area contributed by atoms with Crippen LogP contribution < -0.4 is 0 Å². The lowest BCUT2D eigenvalue weighted by molar-refractivity contribution is -0.141. The molecule has 2 N–H and O–H groups in total. The van der Waals surface area contributed by atoms with Gasteiger partial charge >= 0.3 is 5.97 Å². The third kappa shape index (κ3) is 2.99. The Balaban J connectivity index is 2.87. The zero-order chi connectivity index (χ0) is 12.3. The molecule has 1 aromatic rings. The molecule has 1 atom stereocenters. The second-order valence-electron chi connectivity index (χ2n) is 4.49. The molecule has 1 rings (SSSR count). The largest absolute Gasteiger partial charge is 0.508 e. The summed E-state index contributed by atoms with van der Waals surface area (Å²) in [6.07, 6.45) is 0.361. The third-order valence-electron chi connectivity index (χ3n) is 2.72. The quantitative estimate of drug-likeness (QED) is 0.823. The van der Waals surface area contributed by atoms with Gasteiger partial charge in [-0.3, -0.25) is 4.79 Å². The third-order valence-corrected chi connectivity index (χ3v) is 2.72. The van der Waals surface area contributed by atoms with Crippen molar-refractivity contribution in [2.75, 3.05) is 0 Å². The second kappa shape index (κ2) is 5.01. The van der Waals surface area contributed by atoms with Crippen molar-refractivity contribution >= 4 is 5.97 Å². The lowest BCUT2D eigenvalue weighted by Gasteiger charge is -2.11. The summed E-state index contributed by atoms with van der Waals surface area (Å²) >= 11 is 0. The highest BCUT2D eigenvalue weighted by Gasteiger charge is 2.14. The summed E-state index contributed by atoms with van der Waals surface area (Å²) in [5.41, 5.74) is 1.75. The molecule has 16 heavy (non-hydrogen) atoms. The van der Waals surface area contributed by atoms with Gasteiger partial charge in [-0.15, -0.1) is 0 Å². The van der Waals surface area contributed by atoms with Crippen LogP contribution in [0.3, 0.4) is 0 Å². The molecule has 0 aliphatic heterocycles. The summed E-state index contributed by atoms with van der Waals surface area (Å²) < 4.78 is 0. The zero-order valence-corrected chi connectivity index (χ0v) is 9.90. The minimum Gasteiger partial charge on any atom is -0.508 e. The van der Waals surface area contributed by atoms with E-state index in [4.69, 9.17) is 5.11 Å². The van der Waals surface area contributed by atoms with Crippen molar-refractivity contribution in [1.29, 1.82) is 0 Å². The number of phenolic OH excluding ortho intramolecular Hbond substituents is 1. The molecule has 1 unspecified atom stereocenters. The highest BCUT2D eigenvalue weighted by molar-refractivity contribution is 5.70. The standard InChI is InChI=1S/C13H18O3/c1-8(2)10-4-5-11(12(14)7-10)6-9(3)13(15)16/h4-5,7-9,14H,6H2,1-3H3,(H,15,16). The molecule has 88 valence electrons. The Morgan fingerprint density at radius 3 is 2.38 bits per heavy atom. The average Bonchev–Trinajstić information content (AvgIpc) is 2.20. The summed E-state index contributed by atoms with van der Waals surface area (Å²) in [5, 5.41) is 18.6. The molecule has 0 fully saturated rings. The van der Waals surface area contributed by atoms with Gasteiger partial charge in [0.25, 0.3) is 0 Å². The van der Waals surface area contributed by atoms with E-state index in [1.54, 1.807) is 13.0 Å². The number of aliphatic carboxylic acids is 1. The molecule has 0 aliphatic carbocycles. The fraction of sp³-hybridized carbons (Fsp3) is 0.462. The Bertz CT molecular complexity index is 383. The van der Waals surface area contributed by atoms with Crippen LogP contribution in [0.25, 0.3) is 0 Å². The van der Waals surface area contributed by atoms with Crippen LogP contribution in [0.15, 0.2) is 18.2 Å². The van der Waals surface area contributed by atoms with Gasteiger partial charge in [0.1, 0.15) is 5.75 Å². The molecule has 1 aromatic carbocycles. The summed E-state index contributed by atoms with van der Waals surface area (Å²) in [4.78, 5) is 10.7. The van der Waals surface area contributed by atoms with E-state index in [9.17, 15) is 9.90 Å². The molecular weight excluding hydrogens is 204 g/mol. The highest BCUT2D eigenvalue weighted by atomic mass is 16.4. The van der Waals surface area contributed by atoms with Crippen molar-refractivity contribution in [2.45, 2.75) is 33.1 Å². The topological polar surface area (TPSA) is 57.5 Å². The zero-order valence-electron chi connectivity index (χ0n) is 9.90. The van der Waals surface area contributed by atoms with E-state index in [0.717, 1.165) is 5.56 Å². The van der Waals surface area contributed by atoms with E-state index >= 15 is 0 Å². The summed E-state index contributed by atoms with van der Waals surface area (Å²) in [5.74, 6) is -0.765. The smallest absolute Gasteiger partial charge is 0.306 e. The fourth-order valence-electron chi connectivity index (χ4n) is 1.53. The van der Waals surface area contributed by atoms with Gasteiger partial charge in [0.15, 0.2) is 0 Å². The average molecular weight is 222 g/mol. The first-order valence-electron chi connectivity index (χ1n) is 5.46. The van der Waals surface area contributed by atoms with Gasteiger partial charge in [-0.2, -0.15) is 0 Å². The molecule has 0 heterocycles. The van der Waals surface area contributed by atoms with Crippen molar-refractivity contribution in [2.24, 2.45) is 5.92 Å². The van der Waals surface area contributed by atoms with Crippen LogP contribution in [-0.4, -0.2) is 16.2 Å². The normalized spacial score (nSPS) is 12.8. The number of carboxylic acids is 1. The summed E-state index contributed by atoms with van der Waals surface area (Å²) in [6.45, 7) is 5.74. The van der Waals surface area contributed by atoms with E-state index in [-0.39, 0.29) is 5.75 Å². The first kappa shape index (κ1) is 12.6. The van der Waals surface area contributed by atoms with Crippen LogP contribution >= 0.6 is 0 Å². The van der Waals surface area contributed by atoms with Gasteiger partial charge in [0.2, 0.25) is 0 Å². The highest BCUT2D eigenvalue weighted by Crippen LogP contribution is 2.25. The number of rotatable bonds is 4. The summed E-state index contributed by atoms with van der Waals surface area (Å²) in [7, 11) is 0. The number of benzene rings is 1. The van der Waals surface area contributed by atoms with E-state index in [1.165, 1.54) is 0 Å². The van der Waals surface area contributed by atoms with Crippen molar-refractivity contribution in [3.05, 3.63) is 29.3 Å². The molecular formula is C13H18O3. The van der Waals surface area contributed by atoms with Crippen molar-refractivity contribution in [3.8, 4) is 5.75 Å². The minimum absolute atomic E-state index is 0.194. The number of hydrogen-bond donors (Lipinski definition) is 2. The van der Waals surface area contributed by atoms with Crippen LogP contribution in [0.2, 0.25) is 0 Å². The fourth-order valence-corrected chi connectivity index (χ4v) is 1.53. The molecule has 3 heteroatoms. The van der Waals surface area contributed by atoms with Crippen LogP contribution in [0, 0.1) is 5.92 Å². The van der Waals surface area contributed by atoms with Gasteiger partial charge in [-0.25, -0.2) is 0 Å². The lowest BCUT2D eigenvalue weighted by Crippen LogP contribution is -2.12. The SMILES string of the molecule is CC(Cc1ccc(C(C)C)cc1O)C(=O)O. The van der Waals surface area contributed by atoms with Crippen molar-refractivity contribution in [3.63, 3.8) is 0 Å². The van der Waals surface area contributed by atoms with Gasteiger partial charge in [-0.05, 0) is 29.5 Å². The van der Waals surface area contributed by atoms with E-state index < -0.39 is 11.9 Å². The monoisotopic (exact) mass is 222 g/mol. The lowest BCUT2D eigenvalue weighted by atomic mass is 9.96. The minimum atomic E-state index is -0.840. The Hall–Kier alpha value is -1.51. The first-order valence-corrected chi connectivity index (χ1v) is 5.46. The van der Waals surface area contributed by atoms with Gasteiger partial charge < -0.3 is 10.2 Å². The molecule has 0 amide bonds. The van der Waals surface area contributed by atoms with Gasteiger partial charge in [0.05, 0.1) is 5.92 Å². The number of carboxylic acid groups (broad SMARTS) is 1. The van der Waals surface area contributed by atoms with Crippen LogP contribution in [-0.2, 0) is 11.2 Å². The van der Waals surface area contributed by atoms with Crippen molar-refractivity contribution in [1.82, 2.24) is 0 Å². The predicted molar refractivity (Wildman–Crippen MR) is 62.7 cm³/mol.